The van der Waals surface area contributed by atoms with Gasteiger partial charge in [-0.25, -0.2) is 4.98 Å². The van der Waals surface area contributed by atoms with E-state index in [0.717, 1.165) is 28.9 Å². The van der Waals surface area contributed by atoms with Gasteiger partial charge >= 0.3 is 0 Å². The average molecular weight is 271 g/mol. The number of thiazole rings is 1. The van der Waals surface area contributed by atoms with Crippen molar-refractivity contribution >= 4 is 38.8 Å². The lowest BCUT2D eigenvalue weighted by Gasteiger charge is -2.16. The Kier molecular flexibility index (Phi) is 4.20. The highest BCUT2D eigenvalue weighted by atomic mass is 35.5. The lowest BCUT2D eigenvalue weighted by molar-refractivity contribution is 0.191. The fraction of sp³-hybridized carbons (Fsp3) is 0.417. The van der Waals surface area contributed by atoms with Gasteiger partial charge in [-0.15, -0.1) is 11.3 Å². The zero-order valence-electron chi connectivity index (χ0n) is 9.87. The maximum absolute atomic E-state index is 6.21. The zero-order valence-corrected chi connectivity index (χ0v) is 11.4. The average Bonchev–Trinajstić information content (AvgIpc) is 2.78. The van der Waals surface area contributed by atoms with Crippen molar-refractivity contribution in [2.75, 3.05) is 19.0 Å². The second-order valence-electron chi connectivity index (χ2n) is 3.95. The van der Waals surface area contributed by atoms with Gasteiger partial charge in [-0.1, -0.05) is 11.6 Å². The molecule has 0 bridgehead atoms. The second-order valence-corrected chi connectivity index (χ2v) is 5.24. The predicted molar refractivity (Wildman–Crippen MR) is 74.2 cm³/mol. The van der Waals surface area contributed by atoms with Gasteiger partial charge in [0.1, 0.15) is 5.52 Å². The topological polar surface area (TPSA) is 34.1 Å². The van der Waals surface area contributed by atoms with E-state index in [1.807, 2.05) is 17.6 Å². The number of nitrogens with one attached hydrogen (secondary N) is 1. The van der Waals surface area contributed by atoms with Crippen molar-refractivity contribution in [1.29, 1.82) is 0 Å². The van der Waals surface area contributed by atoms with Crippen LogP contribution in [0.2, 0.25) is 5.02 Å². The molecule has 0 amide bonds. The number of methoxy groups -OCH3 is 1. The number of benzene rings is 1. The standard InChI is InChI=1S/C12H15ClN2OS/c1-8(5-6-16-2)15-11-9(13)3-4-10-12(11)14-7-17-10/h3-4,7-8,15H,5-6H2,1-2H3. The molecular formula is C12H15ClN2OS. The summed E-state index contributed by atoms with van der Waals surface area (Å²) in [5.74, 6) is 0. The monoisotopic (exact) mass is 270 g/mol. The fourth-order valence-corrected chi connectivity index (χ4v) is 2.55. The minimum atomic E-state index is 0.305. The summed E-state index contributed by atoms with van der Waals surface area (Å²) in [6, 6.07) is 4.22. The quantitative estimate of drug-likeness (QED) is 0.898. The predicted octanol–water partition coefficient (Wildman–Crippen LogP) is 3.79. The number of fused-ring (bicyclic) bond motifs is 1. The van der Waals surface area contributed by atoms with E-state index < -0.39 is 0 Å². The summed E-state index contributed by atoms with van der Waals surface area (Å²) < 4.78 is 6.22. The highest BCUT2D eigenvalue weighted by Gasteiger charge is 2.11. The molecule has 2 rings (SSSR count). The molecule has 92 valence electrons. The number of nitrogens with zero attached hydrogens (tertiary/aromatic N) is 1. The number of halogens is 1. The number of anilines is 1. The molecule has 0 fully saturated rings. The number of ether oxygens (including phenoxy) is 1. The maximum Gasteiger partial charge on any atom is 0.106 e. The first-order chi connectivity index (χ1) is 8.22. The lowest BCUT2D eigenvalue weighted by Crippen LogP contribution is -2.17. The molecular weight excluding hydrogens is 256 g/mol. The Morgan fingerprint density at radius 1 is 1.53 bits per heavy atom. The molecule has 3 nitrogen and oxygen atoms in total. The summed E-state index contributed by atoms with van der Waals surface area (Å²) in [4.78, 5) is 4.35. The van der Waals surface area contributed by atoms with Crippen LogP contribution in [0, 0.1) is 0 Å². The van der Waals surface area contributed by atoms with Crippen molar-refractivity contribution in [3.63, 3.8) is 0 Å². The Morgan fingerprint density at radius 2 is 2.35 bits per heavy atom. The highest BCUT2D eigenvalue weighted by Crippen LogP contribution is 2.32. The van der Waals surface area contributed by atoms with Crippen LogP contribution in [0.5, 0.6) is 0 Å². The van der Waals surface area contributed by atoms with Crippen LogP contribution in [0.15, 0.2) is 17.6 Å². The van der Waals surface area contributed by atoms with Crippen LogP contribution < -0.4 is 5.32 Å². The first-order valence-corrected chi connectivity index (χ1v) is 6.75. The van der Waals surface area contributed by atoms with Crippen molar-refractivity contribution in [2.24, 2.45) is 0 Å². The molecule has 0 saturated heterocycles. The minimum absolute atomic E-state index is 0.305. The van der Waals surface area contributed by atoms with Crippen LogP contribution in [-0.2, 0) is 4.74 Å². The Hall–Kier alpha value is -0.840. The summed E-state index contributed by atoms with van der Waals surface area (Å²) in [5, 5.41) is 4.12. The molecule has 2 aromatic rings. The molecule has 1 aromatic heterocycles. The smallest absolute Gasteiger partial charge is 0.106 e. The van der Waals surface area contributed by atoms with Crippen molar-refractivity contribution < 1.29 is 4.74 Å². The first-order valence-electron chi connectivity index (χ1n) is 5.49. The van der Waals surface area contributed by atoms with Crippen molar-refractivity contribution in [1.82, 2.24) is 4.98 Å². The van der Waals surface area contributed by atoms with E-state index in [9.17, 15) is 0 Å². The SMILES string of the molecule is COCCC(C)Nc1c(Cl)ccc2scnc12. The molecule has 17 heavy (non-hydrogen) atoms. The molecule has 0 aliphatic rings. The molecule has 5 heteroatoms. The third kappa shape index (κ3) is 2.89. The van der Waals surface area contributed by atoms with E-state index in [4.69, 9.17) is 16.3 Å². The molecule has 0 radical (unpaired) electrons. The summed E-state index contributed by atoms with van der Waals surface area (Å²) >= 11 is 7.83. The molecule has 0 aliphatic heterocycles. The number of hydrogen-bond donors (Lipinski definition) is 1. The van der Waals surface area contributed by atoms with Gasteiger partial charge in [-0.05, 0) is 25.5 Å². The summed E-state index contributed by atoms with van der Waals surface area (Å²) in [5.41, 5.74) is 3.72. The third-order valence-electron chi connectivity index (χ3n) is 2.60. The normalized spacial score (nSPS) is 12.9. The Bertz CT molecular complexity index is 500. The Balaban J connectivity index is 2.22. The number of aromatic nitrogens is 1. The van der Waals surface area contributed by atoms with Gasteiger partial charge in [0.25, 0.3) is 0 Å². The Morgan fingerprint density at radius 3 is 3.12 bits per heavy atom. The fourth-order valence-electron chi connectivity index (χ4n) is 1.66. The molecule has 1 heterocycles. The lowest BCUT2D eigenvalue weighted by atomic mass is 10.2. The van der Waals surface area contributed by atoms with Gasteiger partial charge in [-0.3, -0.25) is 0 Å². The van der Waals surface area contributed by atoms with E-state index in [0.29, 0.717) is 11.1 Å². The van der Waals surface area contributed by atoms with E-state index >= 15 is 0 Å². The van der Waals surface area contributed by atoms with Crippen molar-refractivity contribution in [3.8, 4) is 0 Å². The Labute approximate surface area is 110 Å². The number of rotatable bonds is 5. The minimum Gasteiger partial charge on any atom is -0.385 e. The van der Waals surface area contributed by atoms with Crippen LogP contribution in [0.25, 0.3) is 10.2 Å². The van der Waals surface area contributed by atoms with Crippen molar-refractivity contribution in [2.45, 2.75) is 19.4 Å². The molecule has 1 N–H and O–H groups in total. The highest BCUT2D eigenvalue weighted by molar-refractivity contribution is 7.16. The van der Waals surface area contributed by atoms with Crippen LogP contribution in [0.1, 0.15) is 13.3 Å². The largest absolute Gasteiger partial charge is 0.385 e. The van der Waals surface area contributed by atoms with Crippen LogP contribution >= 0.6 is 22.9 Å². The van der Waals surface area contributed by atoms with E-state index in [-0.39, 0.29) is 0 Å². The summed E-state index contributed by atoms with van der Waals surface area (Å²) in [7, 11) is 1.71. The van der Waals surface area contributed by atoms with Gasteiger partial charge in [0.05, 0.1) is 20.9 Å². The molecule has 0 spiro atoms. The van der Waals surface area contributed by atoms with Gasteiger partial charge in [0, 0.05) is 19.8 Å². The number of hydrogen-bond acceptors (Lipinski definition) is 4. The summed E-state index contributed by atoms with van der Waals surface area (Å²) in [6.45, 7) is 2.85. The van der Waals surface area contributed by atoms with Crippen LogP contribution in [0.3, 0.4) is 0 Å². The first kappa shape index (κ1) is 12.6. The zero-order chi connectivity index (χ0) is 12.3. The van der Waals surface area contributed by atoms with Crippen LogP contribution in [0.4, 0.5) is 5.69 Å². The molecule has 0 saturated carbocycles. The van der Waals surface area contributed by atoms with Gasteiger partial charge in [-0.2, -0.15) is 0 Å². The molecule has 1 atom stereocenters. The molecule has 1 unspecified atom stereocenters. The van der Waals surface area contributed by atoms with E-state index in [1.54, 1.807) is 18.4 Å². The van der Waals surface area contributed by atoms with Gasteiger partial charge < -0.3 is 10.1 Å². The van der Waals surface area contributed by atoms with Gasteiger partial charge in [0.2, 0.25) is 0 Å². The van der Waals surface area contributed by atoms with E-state index in [2.05, 4.69) is 17.2 Å². The van der Waals surface area contributed by atoms with Gasteiger partial charge in [0.15, 0.2) is 0 Å². The third-order valence-corrected chi connectivity index (χ3v) is 3.71. The second kappa shape index (κ2) is 5.67. The summed E-state index contributed by atoms with van der Waals surface area (Å²) in [6.07, 6.45) is 0.938. The van der Waals surface area contributed by atoms with Crippen LogP contribution in [-0.4, -0.2) is 24.7 Å². The maximum atomic E-state index is 6.21. The van der Waals surface area contributed by atoms with E-state index in [1.165, 1.54) is 0 Å². The van der Waals surface area contributed by atoms with Crippen molar-refractivity contribution in [3.05, 3.63) is 22.7 Å². The molecule has 1 aromatic carbocycles. The molecule has 0 aliphatic carbocycles.